The van der Waals surface area contributed by atoms with Gasteiger partial charge in [-0.3, -0.25) is 0 Å². The summed E-state index contributed by atoms with van der Waals surface area (Å²) in [4.78, 5) is 0.253. The Bertz CT molecular complexity index is 544. The number of nitrogen functional groups attached to an aromatic ring is 1. The minimum atomic E-state index is -3.51. The summed E-state index contributed by atoms with van der Waals surface area (Å²) in [6.07, 6.45) is 2.56. The number of hydrogen-bond donors (Lipinski definition) is 2. The van der Waals surface area contributed by atoms with E-state index in [4.69, 9.17) is 5.73 Å². The third-order valence-corrected chi connectivity index (χ3v) is 5.38. The number of nitrogens with one attached hydrogen (secondary N) is 1. The van der Waals surface area contributed by atoms with Gasteiger partial charge in [0.2, 0.25) is 10.0 Å². The van der Waals surface area contributed by atoms with Crippen LogP contribution in [0.1, 0.15) is 38.7 Å². The fourth-order valence-corrected chi connectivity index (χ4v) is 4.01. The van der Waals surface area contributed by atoms with Gasteiger partial charge in [-0.15, -0.1) is 0 Å². The molecule has 0 heterocycles. The van der Waals surface area contributed by atoms with Crippen molar-refractivity contribution < 1.29 is 8.42 Å². The maximum Gasteiger partial charge on any atom is 0.241 e. The first kappa shape index (κ1) is 16.5. The van der Waals surface area contributed by atoms with Crippen LogP contribution in [0.3, 0.4) is 0 Å². The van der Waals surface area contributed by atoms with Gasteiger partial charge in [0.15, 0.2) is 0 Å². The second-order valence-corrected chi connectivity index (χ2v) is 7.19. The Morgan fingerprint density at radius 3 is 2.53 bits per heavy atom. The molecule has 0 amide bonds. The van der Waals surface area contributed by atoms with Crippen LogP contribution in [0.2, 0.25) is 0 Å². The Kier molecular flexibility index (Phi) is 5.82. The average Bonchev–Trinajstić information content (AvgIpc) is 2.32. The number of aryl methyl sites for hydroxylation is 1. The Labute approximate surface area is 124 Å². The number of hydrogen-bond acceptors (Lipinski definition) is 3. The van der Waals surface area contributed by atoms with Crippen LogP contribution in [0.25, 0.3) is 0 Å². The monoisotopic (exact) mass is 348 g/mol. The van der Waals surface area contributed by atoms with Gasteiger partial charge in [-0.1, -0.05) is 20.3 Å². The van der Waals surface area contributed by atoms with E-state index in [9.17, 15) is 8.42 Å². The summed E-state index contributed by atoms with van der Waals surface area (Å²) in [5.41, 5.74) is 6.88. The zero-order chi connectivity index (χ0) is 14.6. The van der Waals surface area contributed by atoms with Crippen LogP contribution in [-0.4, -0.2) is 14.5 Å². The quantitative estimate of drug-likeness (QED) is 0.775. The van der Waals surface area contributed by atoms with E-state index in [1.165, 1.54) is 6.07 Å². The molecule has 3 N–H and O–H groups in total. The van der Waals surface area contributed by atoms with Gasteiger partial charge in [0, 0.05) is 16.2 Å². The van der Waals surface area contributed by atoms with Gasteiger partial charge in [0.25, 0.3) is 0 Å². The Morgan fingerprint density at radius 2 is 2.00 bits per heavy atom. The first-order valence-electron chi connectivity index (χ1n) is 6.39. The molecule has 1 unspecified atom stereocenters. The van der Waals surface area contributed by atoms with Crippen LogP contribution >= 0.6 is 15.9 Å². The van der Waals surface area contributed by atoms with Gasteiger partial charge in [0.05, 0.1) is 4.90 Å². The molecule has 1 rings (SSSR count). The van der Waals surface area contributed by atoms with Crippen LogP contribution in [-0.2, 0) is 10.0 Å². The Balaban J connectivity index is 3.10. The molecule has 19 heavy (non-hydrogen) atoms. The van der Waals surface area contributed by atoms with Crippen LogP contribution in [0.4, 0.5) is 5.69 Å². The van der Waals surface area contributed by atoms with Crippen molar-refractivity contribution in [2.75, 3.05) is 5.73 Å². The van der Waals surface area contributed by atoms with Crippen molar-refractivity contribution in [3.8, 4) is 0 Å². The first-order chi connectivity index (χ1) is 8.81. The third-order valence-electron chi connectivity index (χ3n) is 3.04. The molecule has 0 aliphatic carbocycles. The van der Waals surface area contributed by atoms with E-state index in [2.05, 4.69) is 20.7 Å². The van der Waals surface area contributed by atoms with Crippen molar-refractivity contribution >= 4 is 31.6 Å². The molecule has 1 aromatic carbocycles. The number of anilines is 1. The fourth-order valence-electron chi connectivity index (χ4n) is 1.94. The maximum absolute atomic E-state index is 12.4. The number of nitrogens with two attached hydrogens (primary N) is 1. The zero-order valence-electron chi connectivity index (χ0n) is 11.5. The molecular weight excluding hydrogens is 328 g/mol. The molecule has 0 spiro atoms. The van der Waals surface area contributed by atoms with E-state index < -0.39 is 10.0 Å². The third kappa shape index (κ3) is 4.19. The Morgan fingerprint density at radius 1 is 1.37 bits per heavy atom. The van der Waals surface area contributed by atoms with Crippen molar-refractivity contribution in [3.05, 3.63) is 22.2 Å². The van der Waals surface area contributed by atoms with Crippen LogP contribution in [0, 0.1) is 6.92 Å². The molecule has 4 nitrogen and oxygen atoms in total. The molecule has 1 aromatic rings. The SMILES string of the molecule is CCCC(CC)NS(=O)(=O)c1cc(N)c(Br)cc1C. The highest BCUT2D eigenvalue weighted by Gasteiger charge is 2.21. The highest BCUT2D eigenvalue weighted by molar-refractivity contribution is 9.10. The molecule has 0 aromatic heterocycles. The van der Waals surface area contributed by atoms with E-state index in [1.54, 1.807) is 13.0 Å². The summed E-state index contributed by atoms with van der Waals surface area (Å²) in [7, 11) is -3.51. The minimum Gasteiger partial charge on any atom is -0.398 e. The van der Waals surface area contributed by atoms with Crippen LogP contribution in [0.5, 0.6) is 0 Å². The van der Waals surface area contributed by atoms with Crippen molar-refractivity contribution in [3.63, 3.8) is 0 Å². The lowest BCUT2D eigenvalue weighted by molar-refractivity contribution is 0.512. The largest absolute Gasteiger partial charge is 0.398 e. The van der Waals surface area contributed by atoms with Crippen molar-refractivity contribution in [2.24, 2.45) is 0 Å². The summed E-state index contributed by atoms with van der Waals surface area (Å²) >= 11 is 3.30. The van der Waals surface area contributed by atoms with Gasteiger partial charge in [-0.2, -0.15) is 0 Å². The molecule has 0 bridgehead atoms. The second-order valence-electron chi connectivity index (χ2n) is 4.65. The van der Waals surface area contributed by atoms with Crippen LogP contribution in [0.15, 0.2) is 21.5 Å². The van der Waals surface area contributed by atoms with Crippen molar-refractivity contribution in [1.82, 2.24) is 4.72 Å². The molecule has 0 saturated carbocycles. The molecule has 0 aliphatic rings. The first-order valence-corrected chi connectivity index (χ1v) is 8.67. The lowest BCUT2D eigenvalue weighted by Gasteiger charge is -2.17. The highest BCUT2D eigenvalue weighted by Crippen LogP contribution is 2.26. The number of halogens is 1. The van der Waals surface area contributed by atoms with Gasteiger partial charge in [-0.25, -0.2) is 13.1 Å². The zero-order valence-corrected chi connectivity index (χ0v) is 13.9. The molecule has 6 heteroatoms. The number of sulfonamides is 1. The smallest absolute Gasteiger partial charge is 0.241 e. The Hall–Kier alpha value is -0.590. The maximum atomic E-state index is 12.4. The molecule has 0 saturated heterocycles. The van der Waals surface area contributed by atoms with E-state index in [-0.39, 0.29) is 10.9 Å². The van der Waals surface area contributed by atoms with E-state index in [1.807, 2.05) is 13.8 Å². The topological polar surface area (TPSA) is 72.2 Å². The van der Waals surface area contributed by atoms with Gasteiger partial charge >= 0.3 is 0 Å². The highest BCUT2D eigenvalue weighted by atomic mass is 79.9. The average molecular weight is 349 g/mol. The van der Waals surface area contributed by atoms with Gasteiger partial charge in [-0.05, 0) is 53.4 Å². The van der Waals surface area contributed by atoms with Crippen molar-refractivity contribution in [1.29, 1.82) is 0 Å². The summed E-state index contributed by atoms with van der Waals surface area (Å²) < 4.78 is 28.2. The van der Waals surface area contributed by atoms with Gasteiger partial charge in [0.1, 0.15) is 0 Å². The fraction of sp³-hybridized carbons (Fsp3) is 0.538. The standard InChI is InChI=1S/C13H21BrN2O2S/c1-4-6-10(5-2)16-19(17,18)13-8-12(15)11(14)7-9(13)3/h7-8,10,16H,4-6,15H2,1-3H3. The van der Waals surface area contributed by atoms with E-state index in [0.717, 1.165) is 19.3 Å². The molecular formula is C13H21BrN2O2S. The predicted molar refractivity (Wildman–Crippen MR) is 82.6 cm³/mol. The molecule has 0 radical (unpaired) electrons. The molecule has 108 valence electrons. The molecule has 0 aliphatic heterocycles. The summed E-state index contributed by atoms with van der Waals surface area (Å²) in [6.45, 7) is 5.78. The number of rotatable bonds is 6. The summed E-state index contributed by atoms with van der Waals surface area (Å²) in [5, 5.41) is 0. The van der Waals surface area contributed by atoms with E-state index in [0.29, 0.717) is 15.7 Å². The van der Waals surface area contributed by atoms with Crippen LogP contribution < -0.4 is 10.5 Å². The normalized spacial score (nSPS) is 13.5. The van der Waals surface area contributed by atoms with Crippen molar-refractivity contribution in [2.45, 2.75) is 51.0 Å². The number of benzene rings is 1. The second kappa shape index (κ2) is 6.72. The predicted octanol–water partition coefficient (Wildman–Crippen LogP) is 3.20. The molecule has 1 atom stereocenters. The minimum absolute atomic E-state index is 0.0285. The van der Waals surface area contributed by atoms with E-state index >= 15 is 0 Å². The lowest BCUT2D eigenvalue weighted by Crippen LogP contribution is -2.34. The summed E-state index contributed by atoms with van der Waals surface area (Å²) in [6, 6.07) is 3.20. The van der Waals surface area contributed by atoms with Gasteiger partial charge < -0.3 is 5.73 Å². The lowest BCUT2D eigenvalue weighted by atomic mass is 10.1. The molecule has 0 fully saturated rings. The summed E-state index contributed by atoms with van der Waals surface area (Å²) in [5.74, 6) is 0.